The molecule has 0 radical (unpaired) electrons. The number of benzene rings is 1. The molecular formula is C17H20N2O5. The van der Waals surface area contributed by atoms with E-state index in [4.69, 9.17) is 14.6 Å². The number of methoxy groups -OCH3 is 2. The van der Waals surface area contributed by atoms with Crippen molar-refractivity contribution in [3.63, 3.8) is 0 Å². The Morgan fingerprint density at radius 1 is 1.21 bits per heavy atom. The quantitative estimate of drug-likeness (QED) is 0.809. The minimum absolute atomic E-state index is 0.244. The van der Waals surface area contributed by atoms with Crippen LogP contribution >= 0.6 is 0 Å². The van der Waals surface area contributed by atoms with E-state index in [1.807, 2.05) is 0 Å². The molecule has 0 bridgehead atoms. The Balaban J connectivity index is 2.30. The highest BCUT2D eigenvalue weighted by Crippen LogP contribution is 2.31. The lowest BCUT2D eigenvalue weighted by Crippen LogP contribution is -2.31. The monoisotopic (exact) mass is 332 g/mol. The fourth-order valence-corrected chi connectivity index (χ4v) is 2.43. The van der Waals surface area contributed by atoms with Gasteiger partial charge < -0.3 is 24.5 Å². The van der Waals surface area contributed by atoms with Crippen LogP contribution in [0, 0.1) is 0 Å². The van der Waals surface area contributed by atoms with Gasteiger partial charge in [0.2, 0.25) is 0 Å². The Morgan fingerprint density at radius 3 is 2.46 bits per heavy atom. The van der Waals surface area contributed by atoms with Crippen LogP contribution in [-0.2, 0) is 11.8 Å². The maximum absolute atomic E-state index is 12.4. The van der Waals surface area contributed by atoms with Gasteiger partial charge in [-0.2, -0.15) is 0 Å². The number of nitrogens with zero attached hydrogens (tertiary/aromatic N) is 1. The van der Waals surface area contributed by atoms with Crippen molar-refractivity contribution in [2.75, 3.05) is 14.2 Å². The Morgan fingerprint density at radius 2 is 1.92 bits per heavy atom. The fourth-order valence-electron chi connectivity index (χ4n) is 2.43. The zero-order chi connectivity index (χ0) is 17.7. The highest BCUT2D eigenvalue weighted by atomic mass is 16.5. The van der Waals surface area contributed by atoms with Gasteiger partial charge in [0.25, 0.3) is 5.91 Å². The zero-order valence-electron chi connectivity index (χ0n) is 13.8. The number of aliphatic carboxylic acids is 1. The summed E-state index contributed by atoms with van der Waals surface area (Å²) in [7, 11) is 4.76. The number of carbonyl (C=O) groups excluding carboxylic acids is 1. The maximum Gasteiger partial charge on any atom is 0.305 e. The van der Waals surface area contributed by atoms with E-state index in [9.17, 15) is 9.59 Å². The summed E-state index contributed by atoms with van der Waals surface area (Å²) in [5.41, 5.74) is 1.07. The third-order valence-electron chi connectivity index (χ3n) is 3.67. The fraction of sp³-hybridized carbons (Fsp3) is 0.294. The minimum Gasteiger partial charge on any atom is -0.493 e. The second-order valence-electron chi connectivity index (χ2n) is 5.24. The van der Waals surface area contributed by atoms with Crippen molar-refractivity contribution in [2.45, 2.75) is 12.5 Å². The normalized spacial score (nSPS) is 11.6. The van der Waals surface area contributed by atoms with Gasteiger partial charge in [-0.3, -0.25) is 9.59 Å². The molecule has 2 N–H and O–H groups in total. The number of aromatic nitrogens is 1. The van der Waals surface area contributed by atoms with Gasteiger partial charge in [-0.1, -0.05) is 6.07 Å². The highest BCUT2D eigenvalue weighted by Gasteiger charge is 2.21. The van der Waals surface area contributed by atoms with Crippen LogP contribution in [0.2, 0.25) is 0 Å². The molecular weight excluding hydrogens is 312 g/mol. The van der Waals surface area contributed by atoms with Gasteiger partial charge in [0.1, 0.15) is 5.69 Å². The lowest BCUT2D eigenvalue weighted by Gasteiger charge is -2.19. The number of carboxylic acids is 1. The smallest absolute Gasteiger partial charge is 0.305 e. The van der Waals surface area contributed by atoms with Gasteiger partial charge in [-0.15, -0.1) is 0 Å². The van der Waals surface area contributed by atoms with E-state index in [-0.39, 0.29) is 12.3 Å². The van der Waals surface area contributed by atoms with Gasteiger partial charge in [0.15, 0.2) is 11.5 Å². The summed E-state index contributed by atoms with van der Waals surface area (Å²) in [5.74, 6) is -0.354. The molecule has 2 rings (SSSR count). The summed E-state index contributed by atoms with van der Waals surface area (Å²) in [4.78, 5) is 23.6. The Kier molecular flexibility index (Phi) is 5.47. The second kappa shape index (κ2) is 7.54. The topological polar surface area (TPSA) is 89.8 Å². The first kappa shape index (κ1) is 17.4. The van der Waals surface area contributed by atoms with Gasteiger partial charge in [-0.05, 0) is 29.8 Å². The first-order valence-electron chi connectivity index (χ1n) is 7.32. The van der Waals surface area contributed by atoms with Crippen molar-refractivity contribution in [1.82, 2.24) is 9.88 Å². The molecule has 1 aromatic heterocycles. The molecule has 2 aromatic rings. The molecule has 0 saturated heterocycles. The summed E-state index contributed by atoms with van der Waals surface area (Å²) in [6.45, 7) is 0. The van der Waals surface area contributed by atoms with Crippen LogP contribution in [-0.4, -0.2) is 35.8 Å². The lowest BCUT2D eigenvalue weighted by atomic mass is 10.0. The number of rotatable bonds is 7. The minimum atomic E-state index is -1.01. The number of ether oxygens (including phenoxy) is 2. The average Bonchev–Trinajstić information content (AvgIpc) is 2.99. The molecule has 0 aliphatic rings. The van der Waals surface area contributed by atoms with Crippen molar-refractivity contribution >= 4 is 11.9 Å². The number of carboxylic acid groups (broad SMARTS) is 1. The van der Waals surface area contributed by atoms with E-state index in [2.05, 4.69) is 5.32 Å². The summed E-state index contributed by atoms with van der Waals surface area (Å²) in [5, 5.41) is 11.9. The van der Waals surface area contributed by atoms with Crippen LogP contribution in [0.1, 0.15) is 28.5 Å². The number of nitrogens with one attached hydrogen (secondary N) is 1. The molecule has 7 heteroatoms. The Labute approximate surface area is 139 Å². The number of aryl methyl sites for hydroxylation is 1. The number of hydrogen-bond donors (Lipinski definition) is 2. The molecule has 24 heavy (non-hydrogen) atoms. The van der Waals surface area contributed by atoms with Gasteiger partial charge in [0, 0.05) is 13.2 Å². The van der Waals surface area contributed by atoms with E-state index >= 15 is 0 Å². The van der Waals surface area contributed by atoms with Crippen molar-refractivity contribution in [1.29, 1.82) is 0 Å². The molecule has 7 nitrogen and oxygen atoms in total. The van der Waals surface area contributed by atoms with Crippen molar-refractivity contribution in [3.8, 4) is 11.5 Å². The van der Waals surface area contributed by atoms with Crippen LogP contribution in [0.4, 0.5) is 0 Å². The van der Waals surface area contributed by atoms with E-state index in [1.165, 1.54) is 14.2 Å². The lowest BCUT2D eigenvalue weighted by molar-refractivity contribution is -0.137. The van der Waals surface area contributed by atoms with E-state index in [0.29, 0.717) is 22.8 Å². The van der Waals surface area contributed by atoms with Gasteiger partial charge in [0.05, 0.1) is 26.7 Å². The molecule has 1 amide bonds. The molecule has 128 valence electrons. The molecule has 0 aliphatic carbocycles. The molecule has 1 aromatic carbocycles. The van der Waals surface area contributed by atoms with Crippen molar-refractivity contribution in [3.05, 3.63) is 47.8 Å². The van der Waals surface area contributed by atoms with E-state index in [1.54, 1.807) is 48.1 Å². The summed E-state index contributed by atoms with van der Waals surface area (Å²) in [6.07, 6.45) is 1.50. The molecule has 0 aliphatic heterocycles. The third kappa shape index (κ3) is 3.87. The van der Waals surface area contributed by atoms with Crippen LogP contribution in [0.25, 0.3) is 0 Å². The Bertz CT molecular complexity index is 738. The molecule has 1 heterocycles. The molecule has 0 fully saturated rings. The summed E-state index contributed by atoms with van der Waals surface area (Å²) in [6, 6.07) is 7.78. The van der Waals surface area contributed by atoms with Crippen LogP contribution in [0.5, 0.6) is 11.5 Å². The predicted octanol–water partition coefficient (Wildman–Crippen LogP) is 1.99. The third-order valence-corrected chi connectivity index (χ3v) is 3.67. The molecule has 0 spiro atoms. The van der Waals surface area contributed by atoms with Crippen molar-refractivity contribution < 1.29 is 24.2 Å². The number of hydrogen-bond acceptors (Lipinski definition) is 4. The number of carbonyl (C=O) groups is 2. The van der Waals surface area contributed by atoms with E-state index in [0.717, 1.165) is 0 Å². The summed E-state index contributed by atoms with van der Waals surface area (Å²) >= 11 is 0. The maximum atomic E-state index is 12.4. The van der Waals surface area contributed by atoms with Crippen molar-refractivity contribution in [2.24, 2.45) is 7.05 Å². The van der Waals surface area contributed by atoms with Gasteiger partial charge in [-0.25, -0.2) is 0 Å². The van der Waals surface area contributed by atoms with Crippen LogP contribution in [0.3, 0.4) is 0 Å². The predicted molar refractivity (Wildman–Crippen MR) is 87.4 cm³/mol. The molecule has 0 saturated carbocycles. The number of amides is 1. The van der Waals surface area contributed by atoms with Crippen LogP contribution < -0.4 is 14.8 Å². The molecule has 1 atom stereocenters. The first-order valence-corrected chi connectivity index (χ1v) is 7.32. The average molecular weight is 332 g/mol. The largest absolute Gasteiger partial charge is 0.493 e. The zero-order valence-corrected chi connectivity index (χ0v) is 13.8. The Hall–Kier alpha value is -2.96. The summed E-state index contributed by atoms with van der Waals surface area (Å²) < 4.78 is 12.1. The standard InChI is InChI=1S/C17H20N2O5/c1-19-8-4-5-13(19)17(22)18-12(10-16(20)21)11-6-7-14(23-2)15(9-11)24-3/h4-9,12H,10H2,1-3H3,(H,18,22)(H,20,21). The van der Waals surface area contributed by atoms with E-state index < -0.39 is 12.0 Å². The first-order chi connectivity index (χ1) is 11.5. The second-order valence-corrected chi connectivity index (χ2v) is 5.24. The highest BCUT2D eigenvalue weighted by molar-refractivity contribution is 5.93. The SMILES string of the molecule is COc1ccc(C(CC(=O)O)NC(=O)c2cccn2C)cc1OC. The molecule has 1 unspecified atom stereocenters. The van der Waals surface area contributed by atoms with Gasteiger partial charge >= 0.3 is 5.97 Å². The van der Waals surface area contributed by atoms with Crippen LogP contribution in [0.15, 0.2) is 36.5 Å².